The number of nitrogens with zero attached hydrogens (tertiary/aromatic N) is 1. The molecule has 0 aliphatic carbocycles. The molecule has 19 heavy (non-hydrogen) atoms. The van der Waals surface area contributed by atoms with Crippen LogP contribution in [0.1, 0.15) is 18.5 Å². The van der Waals surface area contributed by atoms with Gasteiger partial charge in [0.25, 0.3) is 0 Å². The first-order valence-corrected chi connectivity index (χ1v) is 6.47. The zero-order chi connectivity index (χ0) is 13.8. The van der Waals surface area contributed by atoms with Crippen LogP contribution in [0.4, 0.5) is 0 Å². The van der Waals surface area contributed by atoms with Gasteiger partial charge in [-0.25, -0.2) is 0 Å². The molecular weight excluding hydrogens is 244 g/mol. The molecule has 1 aliphatic rings. The summed E-state index contributed by atoms with van der Waals surface area (Å²) >= 11 is 0. The minimum atomic E-state index is -0.666. The van der Waals surface area contributed by atoms with E-state index in [4.69, 9.17) is 15.6 Å². The molecule has 5 nitrogen and oxygen atoms in total. The molecule has 0 spiro atoms. The molecule has 1 amide bonds. The molecule has 1 heterocycles. The van der Waals surface area contributed by atoms with Crippen LogP contribution in [0, 0.1) is 0 Å². The number of aliphatic hydroxyl groups excluding tert-OH is 1. The molecule has 3 N–H and O–H groups in total. The summed E-state index contributed by atoms with van der Waals surface area (Å²) in [6, 6.07) is 8.61. The number of carbonyl (C=O) groups excluding carboxylic acids is 1. The number of benzene rings is 1. The predicted molar refractivity (Wildman–Crippen MR) is 71.4 cm³/mol. The molecule has 104 valence electrons. The van der Waals surface area contributed by atoms with Crippen molar-refractivity contribution in [3.8, 4) is 0 Å². The Kier molecular flexibility index (Phi) is 4.52. The van der Waals surface area contributed by atoms with Gasteiger partial charge in [-0.2, -0.15) is 0 Å². The number of nitrogens with two attached hydrogens (primary N) is 1. The number of morpholine rings is 1. The van der Waals surface area contributed by atoms with Crippen molar-refractivity contribution in [2.45, 2.75) is 25.1 Å². The van der Waals surface area contributed by atoms with E-state index in [0.717, 1.165) is 5.56 Å². The lowest BCUT2D eigenvalue weighted by Crippen LogP contribution is -2.54. The minimum absolute atomic E-state index is 0.0231. The van der Waals surface area contributed by atoms with Crippen molar-refractivity contribution < 1.29 is 14.6 Å². The van der Waals surface area contributed by atoms with E-state index in [1.165, 1.54) is 0 Å². The Morgan fingerprint density at radius 1 is 1.53 bits per heavy atom. The fourth-order valence-electron chi connectivity index (χ4n) is 2.22. The number of rotatable bonds is 3. The standard InChI is InChI=1S/C14H20N2O3/c1-10-9-19-12(8-17)7-16(10)14(18)13(15)11-5-3-2-4-6-11/h2-6,10,12-13,17H,7-9,15H2,1H3. The van der Waals surface area contributed by atoms with Gasteiger partial charge in [0.1, 0.15) is 6.04 Å². The van der Waals surface area contributed by atoms with Crippen molar-refractivity contribution in [1.29, 1.82) is 0 Å². The highest BCUT2D eigenvalue weighted by molar-refractivity contribution is 5.83. The Labute approximate surface area is 113 Å². The summed E-state index contributed by atoms with van der Waals surface area (Å²) in [5.41, 5.74) is 6.82. The highest BCUT2D eigenvalue weighted by Gasteiger charge is 2.32. The average molecular weight is 264 g/mol. The second-order valence-electron chi connectivity index (χ2n) is 4.87. The van der Waals surface area contributed by atoms with Crippen LogP contribution in [0.25, 0.3) is 0 Å². The summed E-state index contributed by atoms with van der Waals surface area (Å²) in [5.74, 6) is -0.125. The van der Waals surface area contributed by atoms with Gasteiger partial charge >= 0.3 is 0 Å². The van der Waals surface area contributed by atoms with E-state index in [0.29, 0.717) is 13.2 Å². The molecule has 5 heteroatoms. The number of carbonyl (C=O) groups is 1. The maximum absolute atomic E-state index is 12.4. The molecule has 0 saturated carbocycles. The zero-order valence-electron chi connectivity index (χ0n) is 11.0. The highest BCUT2D eigenvalue weighted by atomic mass is 16.5. The first-order valence-electron chi connectivity index (χ1n) is 6.47. The number of aliphatic hydroxyl groups is 1. The molecule has 1 aromatic rings. The van der Waals surface area contributed by atoms with Gasteiger partial charge in [0.15, 0.2) is 0 Å². The van der Waals surface area contributed by atoms with Gasteiger partial charge in [-0.3, -0.25) is 4.79 Å². The van der Waals surface area contributed by atoms with Gasteiger partial charge in [0.05, 0.1) is 25.4 Å². The van der Waals surface area contributed by atoms with Crippen molar-refractivity contribution in [3.05, 3.63) is 35.9 Å². The van der Waals surface area contributed by atoms with Crippen LogP contribution in [-0.4, -0.2) is 47.8 Å². The maximum atomic E-state index is 12.4. The van der Waals surface area contributed by atoms with Crippen LogP contribution in [0.5, 0.6) is 0 Å². The van der Waals surface area contributed by atoms with E-state index in [1.54, 1.807) is 4.90 Å². The summed E-state index contributed by atoms with van der Waals surface area (Å²) in [4.78, 5) is 14.1. The Morgan fingerprint density at radius 3 is 2.84 bits per heavy atom. The smallest absolute Gasteiger partial charge is 0.244 e. The second kappa shape index (κ2) is 6.14. The Bertz CT molecular complexity index is 424. The molecule has 1 aromatic carbocycles. The number of hydrogen-bond acceptors (Lipinski definition) is 4. The van der Waals surface area contributed by atoms with Crippen molar-refractivity contribution in [2.24, 2.45) is 5.73 Å². The third-order valence-electron chi connectivity index (χ3n) is 3.42. The average Bonchev–Trinajstić information content (AvgIpc) is 2.47. The first kappa shape index (κ1) is 14.0. The number of amides is 1. The monoisotopic (exact) mass is 264 g/mol. The van der Waals surface area contributed by atoms with Crippen LogP contribution < -0.4 is 5.73 Å². The SMILES string of the molecule is CC1COC(CO)CN1C(=O)C(N)c1ccccc1. The fourth-order valence-corrected chi connectivity index (χ4v) is 2.22. The van der Waals surface area contributed by atoms with Crippen molar-refractivity contribution in [2.75, 3.05) is 19.8 Å². The van der Waals surface area contributed by atoms with Gasteiger partial charge in [0, 0.05) is 6.54 Å². The topological polar surface area (TPSA) is 75.8 Å². The fraction of sp³-hybridized carbons (Fsp3) is 0.500. The first-order chi connectivity index (χ1) is 9.13. The summed E-state index contributed by atoms with van der Waals surface area (Å²) in [7, 11) is 0. The minimum Gasteiger partial charge on any atom is -0.394 e. The summed E-state index contributed by atoms with van der Waals surface area (Å²) in [5, 5.41) is 9.14. The zero-order valence-corrected chi connectivity index (χ0v) is 11.0. The molecule has 1 saturated heterocycles. The largest absolute Gasteiger partial charge is 0.394 e. The molecule has 0 bridgehead atoms. The molecule has 1 aliphatic heterocycles. The third-order valence-corrected chi connectivity index (χ3v) is 3.42. The molecule has 1 fully saturated rings. The van der Waals surface area contributed by atoms with E-state index in [9.17, 15) is 4.79 Å². The van der Waals surface area contributed by atoms with E-state index in [-0.39, 0.29) is 24.7 Å². The van der Waals surface area contributed by atoms with Gasteiger partial charge in [-0.1, -0.05) is 30.3 Å². The maximum Gasteiger partial charge on any atom is 0.244 e. The molecule has 0 radical (unpaired) electrons. The Hall–Kier alpha value is -1.43. The normalized spacial score (nSPS) is 25.1. The van der Waals surface area contributed by atoms with Crippen molar-refractivity contribution >= 4 is 5.91 Å². The van der Waals surface area contributed by atoms with Gasteiger partial charge < -0.3 is 20.5 Å². The molecule has 3 unspecified atom stereocenters. The Morgan fingerprint density at radius 2 is 2.21 bits per heavy atom. The molecular formula is C14H20N2O3. The van der Waals surface area contributed by atoms with E-state index in [1.807, 2.05) is 37.3 Å². The molecule has 0 aromatic heterocycles. The summed E-state index contributed by atoms with van der Waals surface area (Å²) < 4.78 is 5.42. The van der Waals surface area contributed by atoms with Crippen LogP contribution in [0.15, 0.2) is 30.3 Å². The van der Waals surface area contributed by atoms with E-state index < -0.39 is 6.04 Å². The van der Waals surface area contributed by atoms with Crippen molar-refractivity contribution in [1.82, 2.24) is 4.90 Å². The van der Waals surface area contributed by atoms with Crippen LogP contribution in [-0.2, 0) is 9.53 Å². The van der Waals surface area contributed by atoms with E-state index in [2.05, 4.69) is 0 Å². The lowest BCUT2D eigenvalue weighted by atomic mass is 10.0. The Balaban J connectivity index is 2.09. The number of ether oxygens (including phenoxy) is 1. The lowest BCUT2D eigenvalue weighted by Gasteiger charge is -2.38. The lowest BCUT2D eigenvalue weighted by molar-refractivity contribution is -0.147. The molecule has 3 atom stereocenters. The van der Waals surface area contributed by atoms with Gasteiger partial charge in [-0.05, 0) is 12.5 Å². The van der Waals surface area contributed by atoms with Crippen molar-refractivity contribution in [3.63, 3.8) is 0 Å². The summed E-state index contributed by atoms with van der Waals surface area (Å²) in [6.07, 6.45) is -0.317. The van der Waals surface area contributed by atoms with Crippen LogP contribution >= 0.6 is 0 Å². The highest BCUT2D eigenvalue weighted by Crippen LogP contribution is 2.18. The second-order valence-corrected chi connectivity index (χ2v) is 4.87. The predicted octanol–water partition coefficient (Wildman–Crippen LogP) is 0.295. The van der Waals surface area contributed by atoms with Gasteiger partial charge in [-0.15, -0.1) is 0 Å². The third kappa shape index (κ3) is 3.12. The summed E-state index contributed by atoms with van der Waals surface area (Å²) in [6.45, 7) is 2.65. The van der Waals surface area contributed by atoms with Crippen LogP contribution in [0.3, 0.4) is 0 Å². The van der Waals surface area contributed by atoms with Gasteiger partial charge in [0.2, 0.25) is 5.91 Å². The van der Waals surface area contributed by atoms with Crippen LogP contribution in [0.2, 0.25) is 0 Å². The van der Waals surface area contributed by atoms with E-state index >= 15 is 0 Å². The number of hydrogen-bond donors (Lipinski definition) is 2. The molecule has 2 rings (SSSR count). The quantitative estimate of drug-likeness (QED) is 0.823.